The van der Waals surface area contributed by atoms with Crippen molar-refractivity contribution in [3.8, 4) is 5.75 Å². The Morgan fingerprint density at radius 3 is 2.86 bits per heavy atom. The van der Waals surface area contributed by atoms with Crippen LogP contribution in [0.4, 0.5) is 0 Å². The average molecular weight is 282 g/mol. The lowest BCUT2D eigenvalue weighted by Gasteiger charge is -2.10. The second kappa shape index (κ2) is 5.93. The third-order valence-corrected chi connectivity index (χ3v) is 3.65. The Hall–Kier alpha value is -2.40. The summed E-state index contributed by atoms with van der Waals surface area (Å²) in [5.74, 6) is 1.28. The largest absolute Gasteiger partial charge is 0.508 e. The highest BCUT2D eigenvalue weighted by Gasteiger charge is 2.06. The molecular formula is C16H18N4O. The van der Waals surface area contributed by atoms with Crippen molar-refractivity contribution in [1.29, 1.82) is 0 Å². The molecule has 0 saturated heterocycles. The van der Waals surface area contributed by atoms with Crippen LogP contribution in [0, 0.1) is 0 Å². The van der Waals surface area contributed by atoms with Gasteiger partial charge < -0.3 is 15.0 Å². The lowest BCUT2D eigenvalue weighted by molar-refractivity contribution is 0.466. The maximum absolute atomic E-state index is 10.1. The zero-order chi connectivity index (χ0) is 14.7. The molecule has 0 fully saturated rings. The molecule has 3 aromatic rings. The highest BCUT2D eigenvalue weighted by atomic mass is 16.3. The van der Waals surface area contributed by atoms with Gasteiger partial charge in [-0.2, -0.15) is 0 Å². The predicted octanol–water partition coefficient (Wildman–Crippen LogP) is 2.01. The molecule has 108 valence electrons. The number of phenols is 1. The van der Waals surface area contributed by atoms with Crippen LogP contribution in [0.1, 0.15) is 11.4 Å². The van der Waals surface area contributed by atoms with Crippen LogP contribution in [-0.4, -0.2) is 26.4 Å². The Labute approximate surface area is 123 Å². The van der Waals surface area contributed by atoms with E-state index in [4.69, 9.17) is 0 Å². The van der Waals surface area contributed by atoms with Crippen molar-refractivity contribution in [2.75, 3.05) is 6.54 Å². The highest BCUT2D eigenvalue weighted by molar-refractivity contribution is 5.87. The van der Waals surface area contributed by atoms with Crippen molar-refractivity contribution in [3.63, 3.8) is 0 Å². The first kappa shape index (κ1) is 13.6. The zero-order valence-electron chi connectivity index (χ0n) is 12.0. The zero-order valence-corrected chi connectivity index (χ0v) is 12.0. The summed E-state index contributed by atoms with van der Waals surface area (Å²) in [5, 5.41) is 23.6. The van der Waals surface area contributed by atoms with Gasteiger partial charge in [-0.3, -0.25) is 0 Å². The van der Waals surface area contributed by atoms with Crippen LogP contribution >= 0.6 is 0 Å². The van der Waals surface area contributed by atoms with E-state index >= 15 is 0 Å². The Morgan fingerprint density at radius 1 is 1.19 bits per heavy atom. The number of phenolic OH excluding ortho intramolecular Hbond substituents is 1. The number of nitrogens with zero attached hydrogens (tertiary/aromatic N) is 3. The molecule has 21 heavy (non-hydrogen) atoms. The lowest BCUT2D eigenvalue weighted by Crippen LogP contribution is -2.18. The molecule has 0 bridgehead atoms. The number of hydrogen-bond donors (Lipinski definition) is 2. The van der Waals surface area contributed by atoms with Crippen molar-refractivity contribution in [1.82, 2.24) is 20.1 Å². The van der Waals surface area contributed by atoms with E-state index < -0.39 is 0 Å². The fourth-order valence-corrected chi connectivity index (χ4v) is 2.46. The molecule has 0 atom stereocenters. The van der Waals surface area contributed by atoms with E-state index in [1.54, 1.807) is 12.4 Å². The minimum atomic E-state index is 0.333. The standard InChI is InChI=1S/C16H18N4O/c1-20-11-18-19-16(20)8-9-17-10-14-13-5-3-2-4-12(13)6-7-15(14)21/h2-7,11,17,21H,8-10H2,1H3. The number of aromatic nitrogens is 3. The Kier molecular flexibility index (Phi) is 3.83. The van der Waals surface area contributed by atoms with Gasteiger partial charge in [0.05, 0.1) is 0 Å². The molecular weight excluding hydrogens is 264 g/mol. The lowest BCUT2D eigenvalue weighted by atomic mass is 10.0. The first-order valence-electron chi connectivity index (χ1n) is 6.99. The Morgan fingerprint density at radius 2 is 2.05 bits per heavy atom. The Bertz CT molecular complexity index is 751. The molecule has 0 amide bonds. The van der Waals surface area contributed by atoms with Crippen molar-refractivity contribution >= 4 is 10.8 Å². The van der Waals surface area contributed by atoms with Crippen LogP contribution in [0.2, 0.25) is 0 Å². The molecule has 2 aromatic carbocycles. The van der Waals surface area contributed by atoms with Gasteiger partial charge in [-0.05, 0) is 16.8 Å². The van der Waals surface area contributed by atoms with Crippen molar-refractivity contribution in [2.24, 2.45) is 7.05 Å². The third kappa shape index (κ3) is 2.87. The topological polar surface area (TPSA) is 63.0 Å². The molecule has 5 nitrogen and oxygen atoms in total. The van der Waals surface area contributed by atoms with Crippen molar-refractivity contribution in [3.05, 3.63) is 54.1 Å². The summed E-state index contributed by atoms with van der Waals surface area (Å²) in [6.07, 6.45) is 2.51. The maximum Gasteiger partial charge on any atom is 0.133 e. The van der Waals surface area contributed by atoms with Crippen LogP contribution < -0.4 is 5.32 Å². The van der Waals surface area contributed by atoms with Crippen LogP contribution in [0.3, 0.4) is 0 Å². The molecule has 5 heteroatoms. The highest BCUT2D eigenvalue weighted by Crippen LogP contribution is 2.26. The minimum absolute atomic E-state index is 0.333. The maximum atomic E-state index is 10.1. The van der Waals surface area contributed by atoms with Gasteiger partial charge in [0, 0.05) is 32.1 Å². The number of fused-ring (bicyclic) bond motifs is 1. The van der Waals surface area contributed by atoms with Gasteiger partial charge >= 0.3 is 0 Å². The second-order valence-corrected chi connectivity index (χ2v) is 5.07. The van der Waals surface area contributed by atoms with E-state index in [2.05, 4.69) is 21.6 Å². The minimum Gasteiger partial charge on any atom is -0.508 e. The van der Waals surface area contributed by atoms with E-state index in [1.165, 1.54) is 0 Å². The third-order valence-electron chi connectivity index (χ3n) is 3.65. The number of nitrogens with one attached hydrogen (secondary N) is 1. The smallest absolute Gasteiger partial charge is 0.133 e. The van der Waals surface area contributed by atoms with Gasteiger partial charge in [0.1, 0.15) is 17.9 Å². The Balaban J connectivity index is 1.68. The fourth-order valence-electron chi connectivity index (χ4n) is 2.46. The second-order valence-electron chi connectivity index (χ2n) is 5.07. The summed E-state index contributed by atoms with van der Waals surface area (Å²) in [4.78, 5) is 0. The van der Waals surface area contributed by atoms with Crippen LogP contribution in [0.25, 0.3) is 10.8 Å². The first-order valence-corrected chi connectivity index (χ1v) is 6.99. The molecule has 0 spiro atoms. The molecule has 1 heterocycles. The molecule has 2 N–H and O–H groups in total. The molecule has 0 aliphatic heterocycles. The summed E-state index contributed by atoms with van der Waals surface area (Å²) < 4.78 is 1.91. The number of aromatic hydroxyl groups is 1. The van der Waals surface area contributed by atoms with Crippen molar-refractivity contribution in [2.45, 2.75) is 13.0 Å². The van der Waals surface area contributed by atoms with Gasteiger partial charge in [-0.25, -0.2) is 0 Å². The molecule has 0 unspecified atom stereocenters. The molecule has 0 aliphatic rings. The number of hydrogen-bond acceptors (Lipinski definition) is 4. The molecule has 0 aliphatic carbocycles. The van der Waals surface area contributed by atoms with Gasteiger partial charge in [0.2, 0.25) is 0 Å². The SMILES string of the molecule is Cn1cnnc1CCNCc1c(O)ccc2ccccc12. The number of aryl methyl sites for hydroxylation is 1. The summed E-state index contributed by atoms with van der Waals surface area (Å²) in [6, 6.07) is 11.8. The number of benzene rings is 2. The van der Waals surface area contributed by atoms with Gasteiger partial charge in [0.15, 0.2) is 0 Å². The van der Waals surface area contributed by atoms with E-state index in [-0.39, 0.29) is 0 Å². The van der Waals surface area contributed by atoms with Crippen molar-refractivity contribution < 1.29 is 5.11 Å². The van der Waals surface area contributed by atoms with Gasteiger partial charge in [-0.1, -0.05) is 30.3 Å². The normalized spacial score (nSPS) is 11.1. The van der Waals surface area contributed by atoms with Gasteiger partial charge in [0.25, 0.3) is 0 Å². The molecule has 1 aromatic heterocycles. The number of rotatable bonds is 5. The van der Waals surface area contributed by atoms with E-state index in [1.807, 2.05) is 35.9 Å². The molecule has 0 radical (unpaired) electrons. The summed E-state index contributed by atoms with van der Waals surface area (Å²) in [5.41, 5.74) is 0.936. The van der Waals surface area contributed by atoms with Gasteiger partial charge in [-0.15, -0.1) is 10.2 Å². The average Bonchev–Trinajstić information content (AvgIpc) is 2.91. The molecule has 0 saturated carbocycles. The monoisotopic (exact) mass is 282 g/mol. The van der Waals surface area contributed by atoms with E-state index in [9.17, 15) is 5.11 Å². The summed E-state index contributed by atoms with van der Waals surface area (Å²) >= 11 is 0. The predicted molar refractivity (Wildman–Crippen MR) is 82.0 cm³/mol. The molecule has 3 rings (SSSR count). The quantitative estimate of drug-likeness (QED) is 0.703. The van der Waals surface area contributed by atoms with Crippen LogP contribution in [0.15, 0.2) is 42.7 Å². The van der Waals surface area contributed by atoms with E-state index in [0.29, 0.717) is 12.3 Å². The summed E-state index contributed by atoms with van der Waals surface area (Å²) in [7, 11) is 1.94. The van der Waals surface area contributed by atoms with E-state index in [0.717, 1.165) is 35.1 Å². The van der Waals surface area contributed by atoms with Crippen LogP contribution in [0.5, 0.6) is 5.75 Å². The first-order chi connectivity index (χ1) is 10.3. The fraction of sp³-hybridized carbons (Fsp3) is 0.250. The van der Waals surface area contributed by atoms with Crippen LogP contribution in [-0.2, 0) is 20.0 Å². The summed E-state index contributed by atoms with van der Waals surface area (Å²) in [6.45, 7) is 1.42.